The van der Waals surface area contributed by atoms with Crippen LogP contribution < -0.4 is 15.4 Å². The maximum Gasteiger partial charge on any atom is 0.247 e. The first-order valence-electron chi connectivity index (χ1n) is 8.42. The van der Waals surface area contributed by atoms with E-state index in [1.807, 2.05) is 13.8 Å². The molecule has 6 heteroatoms. The van der Waals surface area contributed by atoms with Crippen LogP contribution in [-0.4, -0.2) is 18.9 Å². The summed E-state index contributed by atoms with van der Waals surface area (Å²) in [6.07, 6.45) is 1.41. The van der Waals surface area contributed by atoms with Gasteiger partial charge in [0, 0.05) is 16.3 Å². The lowest BCUT2D eigenvalue weighted by Crippen LogP contribution is -2.42. The van der Waals surface area contributed by atoms with Crippen LogP contribution in [0.4, 0.5) is 5.69 Å². The zero-order chi connectivity index (χ0) is 20.0. The van der Waals surface area contributed by atoms with Crippen molar-refractivity contribution in [3.63, 3.8) is 0 Å². The first-order valence-corrected chi connectivity index (χ1v) is 8.80. The molecule has 2 N–H and O–H groups in total. The Morgan fingerprint density at radius 2 is 1.85 bits per heavy atom. The highest BCUT2D eigenvalue weighted by Gasteiger charge is 2.26. The van der Waals surface area contributed by atoms with Crippen LogP contribution in [0.2, 0.25) is 5.02 Å². The number of hydrogen-bond donors (Lipinski definition) is 2. The summed E-state index contributed by atoms with van der Waals surface area (Å²) in [4.78, 5) is 23.8. The van der Waals surface area contributed by atoms with Crippen molar-refractivity contribution in [2.75, 3.05) is 12.4 Å². The Bertz CT molecular complexity index is 845. The molecule has 0 spiro atoms. The fourth-order valence-corrected chi connectivity index (χ4v) is 2.89. The predicted molar refractivity (Wildman–Crippen MR) is 108 cm³/mol. The smallest absolute Gasteiger partial charge is 0.247 e. The number of anilines is 1. The van der Waals surface area contributed by atoms with E-state index in [-0.39, 0.29) is 18.2 Å². The minimum Gasteiger partial charge on any atom is -0.496 e. The van der Waals surface area contributed by atoms with Gasteiger partial charge in [0.25, 0.3) is 0 Å². The first kappa shape index (κ1) is 20.5. The number of carbonyl (C=O) groups is 2. The molecule has 0 aromatic heterocycles. The summed E-state index contributed by atoms with van der Waals surface area (Å²) >= 11 is 6.10. The molecule has 0 radical (unpaired) electrons. The second-order valence-corrected chi connectivity index (χ2v) is 7.02. The van der Waals surface area contributed by atoms with Gasteiger partial charge >= 0.3 is 0 Å². The van der Waals surface area contributed by atoms with Crippen LogP contribution in [0.15, 0.2) is 55.1 Å². The highest BCUT2D eigenvalue weighted by molar-refractivity contribution is 6.30. The normalized spacial score (nSPS) is 10.8. The van der Waals surface area contributed by atoms with Gasteiger partial charge in [-0.25, -0.2) is 0 Å². The minimum absolute atomic E-state index is 0.134. The van der Waals surface area contributed by atoms with Crippen LogP contribution in [0, 0.1) is 0 Å². The van der Waals surface area contributed by atoms with Crippen molar-refractivity contribution in [3.05, 3.63) is 71.3 Å². The van der Waals surface area contributed by atoms with Crippen molar-refractivity contribution in [2.45, 2.75) is 25.8 Å². The zero-order valence-electron chi connectivity index (χ0n) is 15.6. The monoisotopic (exact) mass is 386 g/mol. The molecule has 0 aliphatic carbocycles. The molecule has 27 heavy (non-hydrogen) atoms. The van der Waals surface area contributed by atoms with E-state index in [2.05, 4.69) is 17.2 Å². The Morgan fingerprint density at radius 1 is 1.19 bits per heavy atom. The average molecular weight is 387 g/mol. The summed E-state index contributed by atoms with van der Waals surface area (Å²) in [5.41, 5.74) is 1.62. The highest BCUT2D eigenvalue weighted by atomic mass is 35.5. The van der Waals surface area contributed by atoms with Crippen molar-refractivity contribution < 1.29 is 14.3 Å². The lowest BCUT2D eigenvalue weighted by molar-refractivity contribution is -0.122. The summed E-state index contributed by atoms with van der Waals surface area (Å²) in [5.74, 6) is 0.245. The van der Waals surface area contributed by atoms with Crippen LogP contribution >= 0.6 is 11.6 Å². The molecule has 0 fully saturated rings. The molecule has 142 valence electrons. The second-order valence-electron chi connectivity index (χ2n) is 6.58. The van der Waals surface area contributed by atoms with E-state index < -0.39 is 5.54 Å². The molecule has 0 saturated heterocycles. The molecular formula is C21H23ClN2O3. The van der Waals surface area contributed by atoms with Crippen molar-refractivity contribution in [3.8, 4) is 5.75 Å². The van der Waals surface area contributed by atoms with Gasteiger partial charge in [-0.1, -0.05) is 30.3 Å². The Hall–Kier alpha value is -2.79. The number of halogens is 1. The molecule has 0 aliphatic rings. The summed E-state index contributed by atoms with van der Waals surface area (Å²) in [6, 6.07) is 12.4. The van der Waals surface area contributed by atoms with E-state index in [1.165, 1.54) is 6.08 Å². The van der Waals surface area contributed by atoms with Crippen molar-refractivity contribution in [2.24, 2.45) is 0 Å². The molecule has 0 aliphatic heterocycles. The first-order chi connectivity index (χ1) is 12.7. The molecule has 2 amide bonds. The number of ether oxygens (including phenoxy) is 1. The SMILES string of the molecule is C=CC(=O)Nc1ccc(CC(=O)NC(C)(C)c2cc(Cl)ccc2OC)cc1. The summed E-state index contributed by atoms with van der Waals surface area (Å²) in [6.45, 7) is 7.20. The van der Waals surface area contributed by atoms with Crippen molar-refractivity contribution in [1.29, 1.82) is 0 Å². The van der Waals surface area contributed by atoms with Crippen LogP contribution in [0.3, 0.4) is 0 Å². The van der Waals surface area contributed by atoms with Gasteiger partial charge in [0.2, 0.25) is 11.8 Å². The fourth-order valence-electron chi connectivity index (χ4n) is 2.71. The lowest BCUT2D eigenvalue weighted by Gasteiger charge is -2.29. The van der Waals surface area contributed by atoms with E-state index >= 15 is 0 Å². The minimum atomic E-state index is -0.662. The van der Waals surface area contributed by atoms with Crippen LogP contribution in [0.1, 0.15) is 25.0 Å². The maximum atomic E-state index is 12.5. The predicted octanol–water partition coefficient (Wildman–Crippen LogP) is 4.07. The van der Waals surface area contributed by atoms with E-state index in [1.54, 1.807) is 49.6 Å². The topological polar surface area (TPSA) is 67.4 Å². The van der Waals surface area contributed by atoms with Gasteiger partial charge in [-0.05, 0) is 55.8 Å². The van der Waals surface area contributed by atoms with Crippen LogP contribution in [0.25, 0.3) is 0 Å². The molecule has 0 unspecified atom stereocenters. The Morgan fingerprint density at radius 3 is 2.44 bits per heavy atom. The average Bonchev–Trinajstić information content (AvgIpc) is 2.62. The molecule has 2 aromatic carbocycles. The molecular weight excluding hydrogens is 364 g/mol. The Kier molecular flexibility index (Phi) is 6.64. The summed E-state index contributed by atoms with van der Waals surface area (Å²) in [7, 11) is 1.58. The number of carbonyl (C=O) groups excluding carboxylic acids is 2. The number of hydrogen-bond acceptors (Lipinski definition) is 3. The van der Waals surface area contributed by atoms with E-state index in [0.29, 0.717) is 16.5 Å². The van der Waals surface area contributed by atoms with Crippen LogP contribution in [-0.2, 0) is 21.5 Å². The number of nitrogens with one attached hydrogen (secondary N) is 2. The Balaban J connectivity index is 2.07. The molecule has 2 aromatic rings. The third kappa shape index (κ3) is 5.59. The molecule has 0 atom stereocenters. The van der Waals surface area contributed by atoms with Gasteiger partial charge < -0.3 is 15.4 Å². The zero-order valence-corrected chi connectivity index (χ0v) is 16.4. The fraction of sp³-hybridized carbons (Fsp3) is 0.238. The van der Waals surface area contributed by atoms with Crippen molar-refractivity contribution in [1.82, 2.24) is 5.32 Å². The van der Waals surface area contributed by atoms with E-state index in [4.69, 9.17) is 16.3 Å². The standard InChI is InChI=1S/C21H23ClN2O3/c1-5-19(25)23-16-9-6-14(7-10-16)12-20(26)24-21(2,3)17-13-15(22)8-11-18(17)27-4/h5-11,13H,1,12H2,2-4H3,(H,23,25)(H,24,26). The highest BCUT2D eigenvalue weighted by Crippen LogP contribution is 2.32. The number of methoxy groups -OCH3 is 1. The lowest BCUT2D eigenvalue weighted by atomic mass is 9.92. The summed E-state index contributed by atoms with van der Waals surface area (Å²) < 4.78 is 5.39. The number of amides is 2. The third-order valence-corrected chi connectivity index (χ3v) is 4.29. The van der Waals surface area contributed by atoms with Crippen molar-refractivity contribution >= 4 is 29.1 Å². The molecule has 2 rings (SSSR count). The molecule has 0 saturated carbocycles. The van der Waals surface area contributed by atoms with Gasteiger partial charge in [0.15, 0.2) is 0 Å². The van der Waals surface area contributed by atoms with Gasteiger partial charge in [0.1, 0.15) is 5.75 Å². The van der Waals surface area contributed by atoms with Gasteiger partial charge in [-0.15, -0.1) is 0 Å². The quantitative estimate of drug-likeness (QED) is 0.705. The van der Waals surface area contributed by atoms with Gasteiger partial charge in [-0.2, -0.15) is 0 Å². The van der Waals surface area contributed by atoms with Crippen LogP contribution in [0.5, 0.6) is 5.75 Å². The third-order valence-electron chi connectivity index (χ3n) is 4.06. The Labute approximate surface area is 164 Å². The van der Waals surface area contributed by atoms with Gasteiger partial charge in [0.05, 0.1) is 19.1 Å². The molecule has 5 nitrogen and oxygen atoms in total. The maximum absolute atomic E-state index is 12.5. The number of benzene rings is 2. The van der Waals surface area contributed by atoms with Gasteiger partial charge in [-0.3, -0.25) is 9.59 Å². The van der Waals surface area contributed by atoms with E-state index in [0.717, 1.165) is 11.1 Å². The number of rotatable bonds is 7. The molecule has 0 heterocycles. The largest absolute Gasteiger partial charge is 0.496 e. The molecule has 0 bridgehead atoms. The van der Waals surface area contributed by atoms with E-state index in [9.17, 15) is 9.59 Å². The second kappa shape index (κ2) is 8.73. The summed E-state index contributed by atoms with van der Waals surface area (Å²) in [5, 5.41) is 6.26.